The molecule has 0 saturated heterocycles. The quantitative estimate of drug-likeness (QED) is 0.540. The zero-order chi connectivity index (χ0) is 10.9. The molecule has 4 heteroatoms. The van der Waals surface area contributed by atoms with Crippen molar-refractivity contribution in [3.63, 3.8) is 0 Å². The minimum atomic E-state index is 0.433. The van der Waals surface area contributed by atoms with Gasteiger partial charge in [0.05, 0.1) is 19.2 Å². The third-order valence-corrected chi connectivity index (χ3v) is 2.13. The molecule has 0 amide bonds. The van der Waals surface area contributed by atoms with Crippen molar-refractivity contribution < 1.29 is 9.30 Å². The molecule has 4 nitrogen and oxygen atoms in total. The molecule has 1 aromatic heterocycles. The normalized spacial score (nSPS) is 10.1. The monoisotopic (exact) mass is 208 g/mol. The van der Waals surface area contributed by atoms with E-state index in [1.54, 1.807) is 0 Å². The number of aromatic nitrogens is 2. The van der Waals surface area contributed by atoms with E-state index in [9.17, 15) is 0 Å². The van der Waals surface area contributed by atoms with E-state index < -0.39 is 0 Å². The van der Waals surface area contributed by atoms with Crippen molar-refractivity contribution in [2.75, 3.05) is 13.2 Å². The highest BCUT2D eigenvalue weighted by atomic mass is 16.5. The Morgan fingerprint density at radius 1 is 1.53 bits per heavy atom. The number of rotatable bonds is 7. The van der Waals surface area contributed by atoms with E-state index in [4.69, 9.17) is 10.00 Å². The first-order valence-corrected chi connectivity index (χ1v) is 5.39. The summed E-state index contributed by atoms with van der Waals surface area (Å²) in [5, 5.41) is 8.60. The molecular weight excluding hydrogens is 190 g/mol. The number of imidazole rings is 1. The highest BCUT2D eigenvalue weighted by Gasteiger charge is 2.08. The Morgan fingerprint density at radius 3 is 3.13 bits per heavy atom. The second-order valence-electron chi connectivity index (χ2n) is 3.40. The molecule has 0 unspecified atom stereocenters. The average molecular weight is 208 g/mol. The van der Waals surface area contributed by atoms with Gasteiger partial charge in [-0.2, -0.15) is 5.26 Å². The number of ether oxygens (including phenoxy) is 1. The van der Waals surface area contributed by atoms with Crippen LogP contribution in [0, 0.1) is 11.3 Å². The lowest BCUT2D eigenvalue weighted by Gasteiger charge is -2.01. The van der Waals surface area contributed by atoms with E-state index in [0.29, 0.717) is 6.42 Å². The maximum Gasteiger partial charge on any atom is 0.268 e. The van der Waals surface area contributed by atoms with E-state index >= 15 is 0 Å². The van der Waals surface area contributed by atoms with E-state index in [1.807, 2.05) is 12.4 Å². The van der Waals surface area contributed by atoms with Crippen molar-refractivity contribution in [1.29, 1.82) is 5.26 Å². The number of nitrogens with zero attached hydrogens (tertiary/aromatic N) is 2. The molecule has 1 heterocycles. The van der Waals surface area contributed by atoms with Gasteiger partial charge in [-0.1, -0.05) is 6.92 Å². The maximum absolute atomic E-state index is 8.60. The number of aromatic amines is 1. The number of H-pyrrole nitrogens is 1. The summed E-state index contributed by atoms with van der Waals surface area (Å²) >= 11 is 0. The maximum atomic E-state index is 8.60. The van der Waals surface area contributed by atoms with Gasteiger partial charge < -0.3 is 4.74 Å². The standard InChI is InChI=1S/C11H17N3O/c1-2-9-15-10-3-7-14-8-6-13-11(14)4-5-12/h6,8H,2-4,7,9-10H2,1H3/p+1. The molecule has 0 saturated carbocycles. The lowest BCUT2D eigenvalue weighted by molar-refractivity contribution is -0.702. The smallest absolute Gasteiger partial charge is 0.268 e. The van der Waals surface area contributed by atoms with E-state index in [2.05, 4.69) is 22.5 Å². The van der Waals surface area contributed by atoms with Gasteiger partial charge in [-0.15, -0.1) is 0 Å². The van der Waals surface area contributed by atoms with Gasteiger partial charge in [0, 0.05) is 13.0 Å². The molecule has 1 rings (SSSR count). The molecule has 0 aliphatic heterocycles. The number of nitrogens with one attached hydrogen (secondary N) is 1. The Balaban J connectivity index is 2.25. The first-order chi connectivity index (χ1) is 7.38. The van der Waals surface area contributed by atoms with Crippen LogP contribution < -0.4 is 4.57 Å². The molecular formula is C11H18N3O+. The van der Waals surface area contributed by atoms with Crippen LogP contribution >= 0.6 is 0 Å². The second kappa shape index (κ2) is 7.02. The van der Waals surface area contributed by atoms with E-state index in [1.165, 1.54) is 0 Å². The van der Waals surface area contributed by atoms with Gasteiger partial charge >= 0.3 is 0 Å². The first-order valence-electron chi connectivity index (χ1n) is 5.39. The third-order valence-electron chi connectivity index (χ3n) is 2.13. The molecule has 1 N–H and O–H groups in total. The van der Waals surface area contributed by atoms with Gasteiger partial charge in [-0.05, 0) is 6.42 Å². The van der Waals surface area contributed by atoms with Crippen molar-refractivity contribution in [2.24, 2.45) is 0 Å². The molecule has 1 aromatic rings. The van der Waals surface area contributed by atoms with Gasteiger partial charge in [0.25, 0.3) is 5.82 Å². The fraction of sp³-hybridized carbons (Fsp3) is 0.636. The molecule has 82 valence electrons. The predicted octanol–water partition coefficient (Wildman–Crippen LogP) is 1.18. The highest BCUT2D eigenvalue weighted by Crippen LogP contribution is 1.90. The zero-order valence-corrected chi connectivity index (χ0v) is 9.20. The Hall–Kier alpha value is -1.34. The summed E-state index contributed by atoms with van der Waals surface area (Å²) in [5.41, 5.74) is 0. The van der Waals surface area contributed by atoms with Crippen LogP contribution in [0.25, 0.3) is 0 Å². The van der Waals surface area contributed by atoms with Gasteiger partial charge in [-0.25, -0.2) is 9.55 Å². The van der Waals surface area contributed by atoms with Crippen LogP contribution in [0.15, 0.2) is 12.4 Å². The Bertz CT molecular complexity index is 314. The molecule has 0 fully saturated rings. The van der Waals surface area contributed by atoms with E-state index in [-0.39, 0.29) is 0 Å². The van der Waals surface area contributed by atoms with Gasteiger partial charge in [0.1, 0.15) is 18.8 Å². The topological polar surface area (TPSA) is 52.7 Å². The minimum absolute atomic E-state index is 0.433. The van der Waals surface area contributed by atoms with Crippen molar-refractivity contribution in [1.82, 2.24) is 4.98 Å². The number of hydrogen-bond donors (Lipinski definition) is 1. The number of aryl methyl sites for hydroxylation is 1. The predicted molar refractivity (Wildman–Crippen MR) is 56.0 cm³/mol. The van der Waals surface area contributed by atoms with E-state index in [0.717, 1.165) is 38.4 Å². The van der Waals surface area contributed by atoms with Crippen molar-refractivity contribution in [3.05, 3.63) is 18.2 Å². The van der Waals surface area contributed by atoms with Crippen LogP contribution in [-0.2, 0) is 17.7 Å². The van der Waals surface area contributed by atoms with Gasteiger partial charge in [0.15, 0.2) is 0 Å². The van der Waals surface area contributed by atoms with Crippen molar-refractivity contribution in [3.8, 4) is 6.07 Å². The summed E-state index contributed by atoms with van der Waals surface area (Å²) in [7, 11) is 0. The zero-order valence-electron chi connectivity index (χ0n) is 9.20. The average Bonchev–Trinajstić information content (AvgIpc) is 2.66. The van der Waals surface area contributed by atoms with Gasteiger partial charge in [-0.3, -0.25) is 0 Å². The molecule has 15 heavy (non-hydrogen) atoms. The van der Waals surface area contributed by atoms with Crippen LogP contribution in [0.5, 0.6) is 0 Å². The number of hydrogen-bond acceptors (Lipinski definition) is 2. The summed E-state index contributed by atoms with van der Waals surface area (Å²) in [6.07, 6.45) is 6.31. The summed E-state index contributed by atoms with van der Waals surface area (Å²) in [5.74, 6) is 0.966. The Morgan fingerprint density at radius 2 is 2.40 bits per heavy atom. The molecule has 0 bridgehead atoms. The van der Waals surface area contributed by atoms with Crippen molar-refractivity contribution >= 4 is 0 Å². The number of nitriles is 1. The van der Waals surface area contributed by atoms with Crippen LogP contribution in [0.4, 0.5) is 0 Å². The summed E-state index contributed by atoms with van der Waals surface area (Å²) in [4.78, 5) is 3.06. The van der Waals surface area contributed by atoms with Gasteiger partial charge in [0.2, 0.25) is 0 Å². The first kappa shape index (κ1) is 11.7. The van der Waals surface area contributed by atoms with Crippen molar-refractivity contribution in [2.45, 2.75) is 32.7 Å². The largest absolute Gasteiger partial charge is 0.381 e. The summed E-state index contributed by atoms with van der Waals surface area (Å²) < 4.78 is 7.46. The summed E-state index contributed by atoms with van der Waals surface area (Å²) in [6.45, 7) is 4.64. The lowest BCUT2D eigenvalue weighted by atomic mass is 10.4. The molecule has 0 atom stereocenters. The van der Waals surface area contributed by atoms with Crippen LogP contribution in [-0.4, -0.2) is 18.2 Å². The molecule has 0 aliphatic rings. The van der Waals surface area contributed by atoms with Crippen LogP contribution in [0.3, 0.4) is 0 Å². The molecule has 0 radical (unpaired) electrons. The molecule has 0 spiro atoms. The minimum Gasteiger partial charge on any atom is -0.381 e. The second-order valence-corrected chi connectivity index (χ2v) is 3.40. The third kappa shape index (κ3) is 4.13. The fourth-order valence-corrected chi connectivity index (χ4v) is 1.42. The van der Waals surface area contributed by atoms with Crippen LogP contribution in [0.2, 0.25) is 0 Å². The highest BCUT2D eigenvalue weighted by molar-refractivity contribution is 4.88. The fourth-order valence-electron chi connectivity index (χ4n) is 1.42. The SMILES string of the molecule is CCCOCCC[n+]1cc[nH]c1CC#N. The Kier molecular flexibility index (Phi) is 5.49. The molecule has 0 aliphatic carbocycles. The molecule has 0 aromatic carbocycles. The summed E-state index contributed by atoms with van der Waals surface area (Å²) in [6, 6.07) is 2.14. The van der Waals surface area contributed by atoms with Crippen LogP contribution in [0.1, 0.15) is 25.6 Å². The Labute approximate surface area is 90.5 Å². The lowest BCUT2D eigenvalue weighted by Crippen LogP contribution is -2.36.